The number of hydrogen-bond donors (Lipinski definition) is 1. The molecule has 0 saturated carbocycles. The Morgan fingerprint density at radius 2 is 2.19 bits per heavy atom. The number of carbonyl (C=O) groups is 1. The second-order valence-corrected chi connectivity index (χ2v) is 3.40. The van der Waals surface area contributed by atoms with Gasteiger partial charge in [0, 0.05) is 6.92 Å². The Balaban J connectivity index is 3.51. The van der Waals surface area contributed by atoms with Gasteiger partial charge in [0.2, 0.25) is 0 Å². The number of halogens is 2. The molecule has 1 rings (SSSR count). The molecule has 0 aliphatic heterocycles. The van der Waals surface area contributed by atoms with E-state index in [9.17, 15) is 14.3 Å². The molecule has 0 radical (unpaired) electrons. The molecule has 0 saturated heterocycles. The number of Topliss-reactive ketones (excluding diaryl/α,β-unsaturated/α-hetero) is 1. The first kappa shape index (κ1) is 12.2. The number of aliphatic hydroxyl groups excluding tert-OH is 1. The van der Waals surface area contributed by atoms with Gasteiger partial charge in [0.1, 0.15) is 23.2 Å². The first-order chi connectivity index (χ1) is 7.49. The zero-order chi connectivity index (χ0) is 12.3. The van der Waals surface area contributed by atoms with E-state index in [2.05, 4.69) is 0 Å². The van der Waals surface area contributed by atoms with Crippen LogP contribution in [-0.2, 0) is 4.79 Å². The van der Waals surface area contributed by atoms with Crippen LogP contribution in [0.1, 0.15) is 12.5 Å². The van der Waals surface area contributed by atoms with E-state index in [1.165, 1.54) is 18.2 Å². The molecule has 5 heteroatoms. The minimum Gasteiger partial charge on any atom is -0.506 e. The molecule has 0 heterocycles. The van der Waals surface area contributed by atoms with Gasteiger partial charge in [-0.25, -0.2) is 4.39 Å². The van der Waals surface area contributed by atoms with Crippen molar-refractivity contribution in [3.8, 4) is 6.07 Å². The fraction of sp³-hybridized carbons (Fsp3) is 0.0909. The first-order valence-electron chi connectivity index (χ1n) is 4.27. The zero-order valence-electron chi connectivity index (χ0n) is 8.29. The fourth-order valence-electron chi connectivity index (χ4n) is 1.15. The third kappa shape index (κ3) is 2.20. The summed E-state index contributed by atoms with van der Waals surface area (Å²) in [5.74, 6) is -2.18. The van der Waals surface area contributed by atoms with E-state index in [1.54, 1.807) is 0 Å². The van der Waals surface area contributed by atoms with Crippen molar-refractivity contribution in [3.63, 3.8) is 0 Å². The molecule has 0 aliphatic carbocycles. The summed E-state index contributed by atoms with van der Waals surface area (Å²) in [6, 6.07) is 5.29. The predicted molar refractivity (Wildman–Crippen MR) is 57.3 cm³/mol. The van der Waals surface area contributed by atoms with Crippen molar-refractivity contribution in [2.75, 3.05) is 0 Å². The average molecular weight is 240 g/mol. The standard InChI is InChI=1S/C11H7ClFNO2/c1-6(15)7(5-14)11(16)10-8(12)3-2-4-9(10)13/h2-4,16H,1H3/b11-7-. The van der Waals surface area contributed by atoms with Crippen LogP contribution in [0.4, 0.5) is 4.39 Å². The van der Waals surface area contributed by atoms with E-state index in [-0.39, 0.29) is 10.6 Å². The lowest BCUT2D eigenvalue weighted by atomic mass is 10.1. The van der Waals surface area contributed by atoms with Crippen LogP contribution in [-0.4, -0.2) is 10.9 Å². The second-order valence-electron chi connectivity index (χ2n) is 2.99. The van der Waals surface area contributed by atoms with Crippen LogP contribution in [0.5, 0.6) is 0 Å². The number of hydrogen-bond acceptors (Lipinski definition) is 3. The highest BCUT2D eigenvalue weighted by atomic mass is 35.5. The molecule has 82 valence electrons. The van der Waals surface area contributed by atoms with Crippen molar-refractivity contribution >= 4 is 23.1 Å². The molecule has 0 spiro atoms. The maximum Gasteiger partial charge on any atom is 0.174 e. The van der Waals surface area contributed by atoms with Gasteiger partial charge in [0.05, 0.1) is 10.6 Å². The van der Waals surface area contributed by atoms with Gasteiger partial charge < -0.3 is 5.11 Å². The number of nitrogens with zero attached hydrogens (tertiary/aromatic N) is 1. The number of benzene rings is 1. The average Bonchev–Trinajstić information content (AvgIpc) is 2.17. The van der Waals surface area contributed by atoms with Gasteiger partial charge in [-0.05, 0) is 12.1 Å². The van der Waals surface area contributed by atoms with Crippen molar-refractivity contribution in [1.82, 2.24) is 0 Å². The predicted octanol–water partition coefficient (Wildman–Crippen LogP) is 2.86. The van der Waals surface area contributed by atoms with Crippen LogP contribution >= 0.6 is 11.6 Å². The Labute approximate surface area is 96.4 Å². The molecule has 0 bridgehead atoms. The Hall–Kier alpha value is -1.86. The summed E-state index contributed by atoms with van der Waals surface area (Å²) >= 11 is 5.68. The van der Waals surface area contributed by atoms with E-state index >= 15 is 0 Å². The summed E-state index contributed by atoms with van der Waals surface area (Å²) in [5, 5.41) is 18.2. The van der Waals surface area contributed by atoms with Crippen LogP contribution in [0.25, 0.3) is 5.76 Å². The Kier molecular flexibility index (Phi) is 3.64. The van der Waals surface area contributed by atoms with Gasteiger partial charge in [0.25, 0.3) is 0 Å². The van der Waals surface area contributed by atoms with Crippen LogP contribution in [0.15, 0.2) is 23.8 Å². The minimum absolute atomic E-state index is 0.0634. The van der Waals surface area contributed by atoms with Crippen molar-refractivity contribution in [2.45, 2.75) is 6.92 Å². The van der Waals surface area contributed by atoms with Gasteiger partial charge in [0.15, 0.2) is 5.78 Å². The lowest BCUT2D eigenvalue weighted by Gasteiger charge is -2.05. The summed E-state index contributed by atoms with van der Waals surface area (Å²) in [6.45, 7) is 1.10. The highest BCUT2D eigenvalue weighted by molar-refractivity contribution is 6.32. The van der Waals surface area contributed by atoms with E-state index in [1.807, 2.05) is 0 Å². The van der Waals surface area contributed by atoms with Crippen molar-refractivity contribution in [1.29, 1.82) is 5.26 Å². The highest BCUT2D eigenvalue weighted by Gasteiger charge is 2.18. The van der Waals surface area contributed by atoms with Crippen molar-refractivity contribution in [2.24, 2.45) is 0 Å². The van der Waals surface area contributed by atoms with Gasteiger partial charge in [-0.1, -0.05) is 17.7 Å². The normalized spacial score (nSPS) is 11.6. The number of ketones is 1. The lowest BCUT2D eigenvalue weighted by Crippen LogP contribution is -2.01. The molecular formula is C11H7ClFNO2. The summed E-state index contributed by atoms with van der Waals surface area (Å²) in [5.41, 5.74) is -0.858. The summed E-state index contributed by atoms with van der Waals surface area (Å²) in [7, 11) is 0. The lowest BCUT2D eigenvalue weighted by molar-refractivity contribution is -0.113. The fourth-order valence-corrected chi connectivity index (χ4v) is 1.40. The summed E-state index contributed by atoms with van der Waals surface area (Å²) in [6.07, 6.45) is 0. The first-order valence-corrected chi connectivity index (χ1v) is 4.65. The SMILES string of the molecule is CC(=O)/C(C#N)=C(\O)c1c(F)cccc1Cl. The molecular weight excluding hydrogens is 233 g/mol. The smallest absolute Gasteiger partial charge is 0.174 e. The van der Waals surface area contributed by atoms with E-state index in [0.717, 1.165) is 13.0 Å². The quantitative estimate of drug-likeness (QED) is 0.490. The maximum absolute atomic E-state index is 13.4. The maximum atomic E-state index is 13.4. The third-order valence-corrected chi connectivity index (χ3v) is 2.22. The van der Waals surface area contributed by atoms with Gasteiger partial charge >= 0.3 is 0 Å². The number of nitriles is 1. The third-order valence-electron chi connectivity index (χ3n) is 1.90. The van der Waals surface area contributed by atoms with Crippen LogP contribution in [0.3, 0.4) is 0 Å². The van der Waals surface area contributed by atoms with Gasteiger partial charge in [-0.2, -0.15) is 5.26 Å². The molecule has 0 aliphatic rings. The van der Waals surface area contributed by atoms with E-state index in [4.69, 9.17) is 16.9 Å². The molecule has 0 atom stereocenters. The van der Waals surface area contributed by atoms with Crippen LogP contribution in [0, 0.1) is 17.1 Å². The number of carbonyl (C=O) groups excluding carboxylic acids is 1. The van der Waals surface area contributed by atoms with Crippen LogP contribution in [0.2, 0.25) is 5.02 Å². The molecule has 0 unspecified atom stereocenters. The van der Waals surface area contributed by atoms with Crippen molar-refractivity contribution < 1.29 is 14.3 Å². The molecule has 0 amide bonds. The molecule has 0 fully saturated rings. The largest absolute Gasteiger partial charge is 0.506 e. The topological polar surface area (TPSA) is 61.1 Å². The van der Waals surface area contributed by atoms with E-state index < -0.39 is 22.9 Å². The molecule has 3 nitrogen and oxygen atoms in total. The Bertz CT molecular complexity index is 497. The van der Waals surface area contributed by atoms with Gasteiger partial charge in [-0.15, -0.1) is 0 Å². The number of allylic oxidation sites excluding steroid dienone is 1. The van der Waals surface area contributed by atoms with Gasteiger partial charge in [-0.3, -0.25) is 4.79 Å². The molecule has 16 heavy (non-hydrogen) atoms. The van der Waals surface area contributed by atoms with Crippen molar-refractivity contribution in [3.05, 3.63) is 40.2 Å². The van der Waals surface area contributed by atoms with Crippen LogP contribution < -0.4 is 0 Å². The number of rotatable bonds is 2. The monoisotopic (exact) mass is 239 g/mol. The molecule has 1 N–H and O–H groups in total. The Morgan fingerprint density at radius 3 is 2.62 bits per heavy atom. The minimum atomic E-state index is -0.793. The highest BCUT2D eigenvalue weighted by Crippen LogP contribution is 2.27. The zero-order valence-corrected chi connectivity index (χ0v) is 9.05. The van der Waals surface area contributed by atoms with E-state index in [0.29, 0.717) is 0 Å². The number of aliphatic hydroxyl groups is 1. The molecule has 0 aromatic heterocycles. The second kappa shape index (κ2) is 4.77. The summed E-state index contributed by atoms with van der Waals surface area (Å²) < 4.78 is 13.4. The Morgan fingerprint density at radius 1 is 1.56 bits per heavy atom. The summed E-state index contributed by atoms with van der Waals surface area (Å²) in [4.78, 5) is 11.0. The molecule has 1 aromatic rings. The molecule has 1 aromatic carbocycles.